The van der Waals surface area contributed by atoms with Crippen molar-refractivity contribution in [3.05, 3.63) is 70.9 Å². The van der Waals surface area contributed by atoms with E-state index in [1.54, 1.807) is 7.11 Å². The number of para-hydroxylation sites is 1. The van der Waals surface area contributed by atoms with Gasteiger partial charge in [0.05, 0.1) is 27.4 Å². The maximum Gasteiger partial charge on any atom is 0.344 e. The minimum atomic E-state index is -2.27. The molecule has 5 aliphatic heterocycles. The van der Waals surface area contributed by atoms with E-state index in [2.05, 4.69) is 58.1 Å². The summed E-state index contributed by atoms with van der Waals surface area (Å²) in [6.45, 7) is 9.79. The van der Waals surface area contributed by atoms with Gasteiger partial charge in [0.25, 0.3) is 0 Å². The summed E-state index contributed by atoms with van der Waals surface area (Å²) in [5.41, 5.74) is -0.0554. The minimum absolute atomic E-state index is 0.184. The summed E-state index contributed by atoms with van der Waals surface area (Å²) in [6, 6.07) is 11.3. The number of likely N-dealkylation sites (N-methyl/N-ethyl adjacent to an activating group) is 1. The number of anilines is 1. The second kappa shape index (κ2) is 13.8. The van der Waals surface area contributed by atoms with Gasteiger partial charge in [0.1, 0.15) is 11.2 Å². The van der Waals surface area contributed by atoms with Crippen LogP contribution in [0, 0.1) is 17.3 Å². The van der Waals surface area contributed by atoms with E-state index in [1.807, 2.05) is 31.0 Å². The first-order chi connectivity index (χ1) is 27.9. The molecule has 58 heavy (non-hydrogen) atoms. The highest BCUT2D eigenvalue weighted by Gasteiger charge is 2.80. The Bertz CT molecular complexity index is 2200. The van der Waals surface area contributed by atoms with Crippen LogP contribution in [0.25, 0.3) is 10.9 Å². The molecule has 2 saturated heterocycles. The third-order valence-electron chi connectivity index (χ3n) is 15.5. The number of H-pyrrole nitrogens is 1. The number of aromatic nitrogens is 1. The Morgan fingerprint density at radius 1 is 0.983 bits per heavy atom. The number of nitrogens with one attached hydrogen (secondary N) is 1. The van der Waals surface area contributed by atoms with Crippen LogP contribution in [-0.4, -0.2) is 123 Å². The van der Waals surface area contributed by atoms with Gasteiger partial charge in [-0.1, -0.05) is 50.6 Å². The van der Waals surface area contributed by atoms with E-state index in [4.69, 9.17) is 18.9 Å². The molecule has 3 aromatic rings. The molecule has 1 unspecified atom stereocenters. The second-order valence-corrected chi connectivity index (χ2v) is 18.0. The number of piperidine rings is 1. The molecule has 310 valence electrons. The minimum Gasteiger partial charge on any atom is -0.496 e. The topological polar surface area (TPSA) is 134 Å². The van der Waals surface area contributed by atoms with Gasteiger partial charge in [-0.2, -0.15) is 0 Å². The van der Waals surface area contributed by atoms with Crippen molar-refractivity contribution in [1.29, 1.82) is 0 Å². The molecule has 0 amide bonds. The predicted octanol–water partition coefficient (Wildman–Crippen LogP) is 4.88. The third-order valence-corrected chi connectivity index (χ3v) is 15.5. The molecule has 1 saturated carbocycles. The summed E-state index contributed by atoms with van der Waals surface area (Å²) in [5.74, 6) is -0.578. The zero-order valence-electron chi connectivity index (χ0n) is 34.9. The Hall–Kier alpha value is -4.39. The predicted molar refractivity (Wildman–Crippen MR) is 219 cm³/mol. The monoisotopic (exact) mass is 794 g/mol. The smallest absolute Gasteiger partial charge is 0.344 e. The van der Waals surface area contributed by atoms with Gasteiger partial charge in [-0.3, -0.25) is 14.5 Å². The van der Waals surface area contributed by atoms with Crippen LogP contribution in [0.1, 0.15) is 75.3 Å². The zero-order chi connectivity index (χ0) is 40.9. The Morgan fingerprint density at radius 2 is 1.76 bits per heavy atom. The molecule has 2 bridgehead atoms. The fraction of sp³-hybridized carbons (Fsp3) is 0.587. The average molecular weight is 795 g/mol. The molecule has 6 aliphatic rings. The van der Waals surface area contributed by atoms with Crippen LogP contribution < -0.4 is 9.64 Å². The van der Waals surface area contributed by atoms with Crippen molar-refractivity contribution in [2.75, 3.05) is 66.0 Å². The molecule has 1 aromatic heterocycles. The molecule has 1 aliphatic carbocycles. The Kier molecular flexibility index (Phi) is 9.33. The number of aliphatic hydroxyl groups is 1. The van der Waals surface area contributed by atoms with Crippen LogP contribution >= 0.6 is 0 Å². The number of esters is 3. The van der Waals surface area contributed by atoms with Gasteiger partial charge in [0, 0.05) is 90.9 Å². The maximum atomic E-state index is 15.3. The summed E-state index contributed by atoms with van der Waals surface area (Å²) in [7, 11) is 6.28. The van der Waals surface area contributed by atoms with Gasteiger partial charge in [0.2, 0.25) is 5.60 Å². The first-order valence-electron chi connectivity index (χ1n) is 21.2. The number of fused-ring (bicyclic) bond motifs is 6. The van der Waals surface area contributed by atoms with E-state index in [-0.39, 0.29) is 17.9 Å². The number of ether oxygens (including phenoxy) is 4. The average Bonchev–Trinajstić information content (AvgIpc) is 3.89. The van der Waals surface area contributed by atoms with Gasteiger partial charge >= 0.3 is 17.9 Å². The number of carbonyl (C=O) groups is 3. The lowest BCUT2D eigenvalue weighted by molar-refractivity contribution is -0.228. The van der Waals surface area contributed by atoms with Crippen molar-refractivity contribution in [2.24, 2.45) is 17.3 Å². The lowest BCUT2D eigenvalue weighted by Crippen LogP contribution is -2.81. The van der Waals surface area contributed by atoms with Crippen LogP contribution in [0.4, 0.5) is 5.69 Å². The first-order valence-corrected chi connectivity index (χ1v) is 21.2. The van der Waals surface area contributed by atoms with Crippen LogP contribution in [0.2, 0.25) is 0 Å². The van der Waals surface area contributed by atoms with Crippen molar-refractivity contribution < 1.29 is 38.4 Å². The Balaban J connectivity index is 1.36. The fourth-order valence-corrected chi connectivity index (χ4v) is 13.5. The molecule has 1 spiro atoms. The summed E-state index contributed by atoms with van der Waals surface area (Å²) >= 11 is 0. The van der Waals surface area contributed by atoms with Gasteiger partial charge in [-0.25, -0.2) is 4.79 Å². The van der Waals surface area contributed by atoms with Crippen LogP contribution in [0.5, 0.6) is 5.75 Å². The summed E-state index contributed by atoms with van der Waals surface area (Å²) in [6.07, 6.45) is 7.33. The molecule has 2 aromatic carbocycles. The number of aromatic amines is 1. The molecule has 3 fully saturated rings. The van der Waals surface area contributed by atoms with E-state index in [0.717, 1.165) is 72.3 Å². The quantitative estimate of drug-likeness (QED) is 0.193. The molecular weight excluding hydrogens is 737 g/mol. The van der Waals surface area contributed by atoms with Crippen LogP contribution in [-0.2, 0) is 45.8 Å². The van der Waals surface area contributed by atoms with E-state index in [9.17, 15) is 14.7 Å². The van der Waals surface area contributed by atoms with Crippen molar-refractivity contribution in [1.82, 2.24) is 14.8 Å². The molecule has 12 nitrogen and oxygen atoms in total. The number of nitrogens with zero attached hydrogens (tertiary/aromatic N) is 3. The van der Waals surface area contributed by atoms with Gasteiger partial charge in [0.15, 0.2) is 6.10 Å². The van der Waals surface area contributed by atoms with E-state index < -0.39 is 45.9 Å². The molecule has 12 heteroatoms. The summed E-state index contributed by atoms with van der Waals surface area (Å²) in [4.78, 5) is 53.5. The van der Waals surface area contributed by atoms with E-state index in [0.29, 0.717) is 49.6 Å². The standard InChI is InChI=1S/C46H58N4O8/c1-8-28-21-29-24-45(41(52)56-6,37-31(15-19-49(25-28)26-29)30-13-10-11-14-34(30)47-37)33-22-32-35(23-36(33)55-5)48(4)39-44(32)17-20-50-18-12-16-43(9-2,38(44)50)40(58-27(3)51)46(39,54)42(53)57-7/h10-14,16,22-23,28-29,38-40,47,54H,8-9,15,17-21,24-26H2,1-7H3/t28-,29-,38-,39+,40+,43+,44+,45-,46-/m0/s1. The summed E-state index contributed by atoms with van der Waals surface area (Å²) in [5, 5.41) is 14.4. The first kappa shape index (κ1) is 39.1. The molecule has 9 rings (SSSR count). The SMILES string of the molecule is CC[C@H]1C[C@@H]2CN(CCc3c([nH]c4ccccc34)[C@@](C(=O)OC)(c3cc4c(cc3OC)N(C)[C@H]3[C@@](O)(C(=O)OC)[C@H](OC(C)=O)[C@]5(CC)C=CCN6CC[C@]43[C@@H]65)C2)C1. The molecule has 6 heterocycles. The molecule has 10 atom stereocenters. The number of rotatable bonds is 7. The van der Waals surface area contributed by atoms with Crippen molar-refractivity contribution in [2.45, 2.75) is 93.9 Å². The highest BCUT2D eigenvalue weighted by Crippen LogP contribution is 2.68. The number of benzene rings is 2. The lowest BCUT2D eigenvalue weighted by Gasteiger charge is -2.63. The number of carbonyl (C=O) groups excluding carboxylic acids is 3. The van der Waals surface area contributed by atoms with E-state index in [1.165, 1.54) is 21.1 Å². The van der Waals surface area contributed by atoms with Crippen molar-refractivity contribution in [3.8, 4) is 5.75 Å². The van der Waals surface area contributed by atoms with Crippen LogP contribution in [0.15, 0.2) is 48.6 Å². The fourth-order valence-electron chi connectivity index (χ4n) is 13.5. The van der Waals surface area contributed by atoms with Crippen molar-refractivity contribution >= 4 is 34.5 Å². The Labute approximate surface area is 340 Å². The van der Waals surface area contributed by atoms with Gasteiger partial charge in [-0.05, 0) is 73.7 Å². The number of hydrogen-bond acceptors (Lipinski definition) is 11. The molecule has 2 N–H and O–H groups in total. The Morgan fingerprint density at radius 3 is 2.47 bits per heavy atom. The van der Waals surface area contributed by atoms with E-state index >= 15 is 4.79 Å². The van der Waals surface area contributed by atoms with Crippen LogP contribution in [0.3, 0.4) is 0 Å². The number of hydrogen-bond donors (Lipinski definition) is 2. The lowest BCUT2D eigenvalue weighted by atomic mass is 9.47. The highest BCUT2D eigenvalue weighted by atomic mass is 16.6. The second-order valence-electron chi connectivity index (χ2n) is 18.0. The summed E-state index contributed by atoms with van der Waals surface area (Å²) < 4.78 is 24.0. The normalized spacial score (nSPS) is 36.1. The van der Waals surface area contributed by atoms with Gasteiger partial charge < -0.3 is 38.8 Å². The highest BCUT2D eigenvalue weighted by molar-refractivity contribution is 5.95. The molecule has 0 radical (unpaired) electrons. The van der Waals surface area contributed by atoms with Gasteiger partial charge in [-0.15, -0.1) is 0 Å². The largest absolute Gasteiger partial charge is 0.496 e. The molecular formula is C46H58N4O8. The van der Waals surface area contributed by atoms with Crippen molar-refractivity contribution in [3.63, 3.8) is 0 Å². The zero-order valence-corrected chi connectivity index (χ0v) is 34.9. The maximum absolute atomic E-state index is 15.3. The number of methoxy groups -OCH3 is 3. The third kappa shape index (κ3) is 5.00.